The third-order valence-electron chi connectivity index (χ3n) is 2.53. The van der Waals surface area contributed by atoms with E-state index in [1.54, 1.807) is 12.1 Å². The number of aliphatic hydroxyl groups excluding tert-OH is 1. The molecule has 0 aromatic heterocycles. The average molecular weight is 212 g/mol. The molecular weight excluding hydrogens is 195 g/mol. The van der Waals surface area contributed by atoms with Gasteiger partial charge in [-0.05, 0) is 19.4 Å². The largest absolute Gasteiger partial charge is 0.386 e. The number of ether oxygens (including phenoxy) is 1. The summed E-state index contributed by atoms with van der Waals surface area (Å²) >= 11 is 0. The first-order chi connectivity index (χ1) is 7.10. The highest BCUT2D eigenvalue weighted by molar-refractivity contribution is 5.26. The molecule has 0 amide bonds. The third-order valence-corrected chi connectivity index (χ3v) is 2.53. The molecule has 0 saturated heterocycles. The molecule has 84 valence electrons. The highest BCUT2D eigenvalue weighted by Crippen LogP contribution is 2.24. The first-order valence-electron chi connectivity index (χ1n) is 5.07. The minimum absolute atomic E-state index is 0.309. The number of aryl methyl sites for hydroxylation is 1. The van der Waals surface area contributed by atoms with Crippen LogP contribution in [-0.2, 0) is 4.74 Å². The highest BCUT2D eigenvalue weighted by atomic mass is 19.1. The quantitative estimate of drug-likeness (QED) is 0.831. The predicted octanol–water partition coefficient (Wildman–Crippen LogP) is 2.59. The predicted molar refractivity (Wildman–Crippen MR) is 57.2 cm³/mol. The van der Waals surface area contributed by atoms with Crippen molar-refractivity contribution in [3.05, 3.63) is 35.1 Å². The zero-order valence-electron chi connectivity index (χ0n) is 9.33. The molecule has 3 heteroatoms. The standard InChI is InChI=1S/C12H17FO2/c1-4-11(15-3)12(14)9-7-8(2)5-6-10(9)13/h5-7,11-12,14H,4H2,1-3H3. The molecule has 1 N–H and O–H groups in total. The minimum atomic E-state index is -0.903. The van der Waals surface area contributed by atoms with Crippen LogP contribution in [0.15, 0.2) is 18.2 Å². The molecule has 0 aliphatic heterocycles. The molecule has 0 bridgehead atoms. The van der Waals surface area contributed by atoms with Crippen LogP contribution in [0.1, 0.15) is 30.6 Å². The highest BCUT2D eigenvalue weighted by Gasteiger charge is 2.21. The molecule has 2 atom stereocenters. The second-order valence-corrected chi connectivity index (χ2v) is 3.65. The maximum absolute atomic E-state index is 13.4. The minimum Gasteiger partial charge on any atom is -0.386 e. The Hall–Kier alpha value is -0.930. The molecule has 15 heavy (non-hydrogen) atoms. The molecule has 2 nitrogen and oxygen atoms in total. The fourth-order valence-electron chi connectivity index (χ4n) is 1.61. The summed E-state index contributed by atoms with van der Waals surface area (Å²) < 4.78 is 18.5. The maximum Gasteiger partial charge on any atom is 0.129 e. The van der Waals surface area contributed by atoms with E-state index in [1.165, 1.54) is 13.2 Å². The van der Waals surface area contributed by atoms with Gasteiger partial charge in [-0.25, -0.2) is 4.39 Å². The van der Waals surface area contributed by atoms with E-state index in [1.807, 2.05) is 13.8 Å². The van der Waals surface area contributed by atoms with Gasteiger partial charge in [-0.2, -0.15) is 0 Å². The lowest BCUT2D eigenvalue weighted by Gasteiger charge is -2.21. The topological polar surface area (TPSA) is 29.5 Å². The van der Waals surface area contributed by atoms with Gasteiger partial charge >= 0.3 is 0 Å². The Bertz CT molecular complexity index is 321. The van der Waals surface area contributed by atoms with Crippen molar-refractivity contribution in [2.75, 3.05) is 7.11 Å². The number of hydrogen-bond donors (Lipinski definition) is 1. The molecule has 1 aromatic rings. The fraction of sp³-hybridized carbons (Fsp3) is 0.500. The van der Waals surface area contributed by atoms with Crippen LogP contribution < -0.4 is 0 Å². The molecule has 0 aliphatic carbocycles. The Morgan fingerprint density at radius 3 is 2.67 bits per heavy atom. The van der Waals surface area contributed by atoms with Gasteiger partial charge in [0, 0.05) is 12.7 Å². The maximum atomic E-state index is 13.4. The van der Waals surface area contributed by atoms with Crippen LogP contribution in [0.3, 0.4) is 0 Å². The van der Waals surface area contributed by atoms with E-state index in [9.17, 15) is 9.50 Å². The second-order valence-electron chi connectivity index (χ2n) is 3.65. The Labute approximate surface area is 89.7 Å². The van der Waals surface area contributed by atoms with Crippen molar-refractivity contribution in [3.8, 4) is 0 Å². The van der Waals surface area contributed by atoms with Crippen molar-refractivity contribution in [3.63, 3.8) is 0 Å². The summed E-state index contributed by atoms with van der Waals surface area (Å²) in [6.45, 7) is 3.76. The van der Waals surface area contributed by atoms with Gasteiger partial charge in [0.1, 0.15) is 11.9 Å². The normalized spacial score (nSPS) is 15.0. The molecule has 0 heterocycles. The van der Waals surface area contributed by atoms with Crippen LogP contribution in [-0.4, -0.2) is 18.3 Å². The Kier molecular flexibility index (Phi) is 4.24. The summed E-state index contributed by atoms with van der Waals surface area (Å²) in [5, 5.41) is 9.92. The van der Waals surface area contributed by atoms with Gasteiger partial charge in [0.25, 0.3) is 0 Å². The zero-order chi connectivity index (χ0) is 11.4. The Balaban J connectivity index is 2.98. The van der Waals surface area contributed by atoms with E-state index < -0.39 is 6.10 Å². The lowest BCUT2D eigenvalue weighted by molar-refractivity contribution is -0.0164. The van der Waals surface area contributed by atoms with E-state index in [4.69, 9.17) is 4.74 Å². The van der Waals surface area contributed by atoms with E-state index in [0.717, 1.165) is 5.56 Å². The fourth-order valence-corrected chi connectivity index (χ4v) is 1.61. The summed E-state index contributed by atoms with van der Waals surface area (Å²) in [7, 11) is 1.52. The summed E-state index contributed by atoms with van der Waals surface area (Å²) in [4.78, 5) is 0. The second kappa shape index (κ2) is 5.24. The monoisotopic (exact) mass is 212 g/mol. The van der Waals surface area contributed by atoms with Gasteiger partial charge < -0.3 is 9.84 Å². The molecule has 2 unspecified atom stereocenters. The summed E-state index contributed by atoms with van der Waals surface area (Å²) in [5.74, 6) is -0.386. The van der Waals surface area contributed by atoms with E-state index >= 15 is 0 Å². The number of methoxy groups -OCH3 is 1. The van der Waals surface area contributed by atoms with Crippen molar-refractivity contribution in [1.29, 1.82) is 0 Å². The molecule has 0 aliphatic rings. The SMILES string of the molecule is CCC(OC)C(O)c1cc(C)ccc1F. The summed E-state index contributed by atoms with van der Waals surface area (Å²) in [5.41, 5.74) is 1.24. The number of aliphatic hydroxyl groups is 1. The average Bonchev–Trinajstić information content (AvgIpc) is 2.23. The van der Waals surface area contributed by atoms with Crippen molar-refractivity contribution in [2.24, 2.45) is 0 Å². The van der Waals surface area contributed by atoms with E-state index in [2.05, 4.69) is 0 Å². The van der Waals surface area contributed by atoms with Gasteiger partial charge in [0.05, 0.1) is 6.10 Å². The molecule has 1 rings (SSSR count). The van der Waals surface area contributed by atoms with Crippen LogP contribution >= 0.6 is 0 Å². The third kappa shape index (κ3) is 2.76. The first-order valence-corrected chi connectivity index (χ1v) is 5.07. The van der Waals surface area contributed by atoms with Crippen molar-refractivity contribution in [1.82, 2.24) is 0 Å². The van der Waals surface area contributed by atoms with Crippen LogP contribution in [0, 0.1) is 12.7 Å². The van der Waals surface area contributed by atoms with Crippen LogP contribution in [0.5, 0.6) is 0 Å². The van der Waals surface area contributed by atoms with Crippen LogP contribution in [0.2, 0.25) is 0 Å². The van der Waals surface area contributed by atoms with Gasteiger partial charge in [0.15, 0.2) is 0 Å². The number of hydrogen-bond acceptors (Lipinski definition) is 2. The molecule has 0 saturated carbocycles. The summed E-state index contributed by atoms with van der Waals surface area (Å²) in [6, 6.07) is 4.71. The number of halogens is 1. The molecule has 0 spiro atoms. The lowest BCUT2D eigenvalue weighted by atomic mass is 10.0. The van der Waals surface area contributed by atoms with E-state index in [0.29, 0.717) is 12.0 Å². The van der Waals surface area contributed by atoms with Gasteiger partial charge in [-0.3, -0.25) is 0 Å². The number of rotatable bonds is 4. The Morgan fingerprint density at radius 2 is 2.13 bits per heavy atom. The van der Waals surface area contributed by atoms with E-state index in [-0.39, 0.29) is 11.9 Å². The van der Waals surface area contributed by atoms with Gasteiger partial charge in [-0.15, -0.1) is 0 Å². The van der Waals surface area contributed by atoms with Crippen molar-refractivity contribution in [2.45, 2.75) is 32.5 Å². The van der Waals surface area contributed by atoms with Gasteiger partial charge in [-0.1, -0.05) is 24.6 Å². The smallest absolute Gasteiger partial charge is 0.129 e. The van der Waals surface area contributed by atoms with Gasteiger partial charge in [0.2, 0.25) is 0 Å². The number of benzene rings is 1. The summed E-state index contributed by atoms with van der Waals surface area (Å²) in [6.07, 6.45) is -0.619. The molecule has 1 aromatic carbocycles. The molecule has 0 radical (unpaired) electrons. The zero-order valence-corrected chi connectivity index (χ0v) is 9.33. The lowest BCUT2D eigenvalue weighted by Crippen LogP contribution is -2.20. The molecule has 0 fully saturated rings. The van der Waals surface area contributed by atoms with Crippen LogP contribution in [0.4, 0.5) is 4.39 Å². The first kappa shape index (κ1) is 12.1. The van der Waals surface area contributed by atoms with Crippen LogP contribution in [0.25, 0.3) is 0 Å². The Morgan fingerprint density at radius 1 is 1.47 bits per heavy atom. The molecular formula is C12H17FO2. The van der Waals surface area contributed by atoms with Crippen molar-refractivity contribution < 1.29 is 14.2 Å². The van der Waals surface area contributed by atoms with Crippen molar-refractivity contribution >= 4 is 0 Å².